The number of nitrogens with one attached hydrogen (secondary N) is 1. The first-order valence-electron chi connectivity index (χ1n) is 5.48. The Morgan fingerprint density at radius 3 is 2.94 bits per heavy atom. The summed E-state index contributed by atoms with van der Waals surface area (Å²) in [7, 11) is 0. The van der Waals surface area contributed by atoms with Gasteiger partial charge in [0.05, 0.1) is 12.5 Å². The van der Waals surface area contributed by atoms with Gasteiger partial charge in [0.2, 0.25) is 5.91 Å². The van der Waals surface area contributed by atoms with E-state index in [0.717, 1.165) is 12.8 Å². The van der Waals surface area contributed by atoms with Crippen LogP contribution in [0, 0.1) is 0 Å². The molecule has 1 saturated heterocycles. The fraction of sp³-hybridized carbons (Fsp3) is 0.800. The molecule has 1 fully saturated rings. The number of aliphatic hydroxyl groups excluding tert-OH is 1. The van der Waals surface area contributed by atoms with E-state index in [4.69, 9.17) is 5.11 Å². The van der Waals surface area contributed by atoms with Crippen molar-refractivity contribution in [1.29, 1.82) is 0 Å². The summed E-state index contributed by atoms with van der Waals surface area (Å²) >= 11 is 0. The first-order chi connectivity index (χ1) is 7.50. The molecule has 92 valence electrons. The second kappa shape index (κ2) is 5.81. The van der Waals surface area contributed by atoms with Gasteiger partial charge in [0.1, 0.15) is 6.04 Å². The molecule has 6 heteroatoms. The number of hydroxylamine groups is 2. The van der Waals surface area contributed by atoms with Crippen molar-refractivity contribution in [3.8, 4) is 0 Å². The Labute approximate surface area is 94.2 Å². The van der Waals surface area contributed by atoms with Gasteiger partial charge >= 0.3 is 0 Å². The zero-order chi connectivity index (χ0) is 12.1. The predicted molar refractivity (Wildman–Crippen MR) is 55.6 cm³/mol. The maximum Gasteiger partial charge on any atom is 0.268 e. The van der Waals surface area contributed by atoms with Gasteiger partial charge in [-0.2, -0.15) is 0 Å². The zero-order valence-corrected chi connectivity index (χ0v) is 9.35. The minimum atomic E-state index is -0.730. The second-order valence-electron chi connectivity index (χ2n) is 4.13. The molecule has 0 unspecified atom stereocenters. The average molecular weight is 230 g/mol. The predicted octanol–water partition coefficient (Wildman–Crippen LogP) is -0.356. The van der Waals surface area contributed by atoms with Crippen molar-refractivity contribution < 1.29 is 19.9 Å². The fourth-order valence-corrected chi connectivity index (χ4v) is 1.68. The van der Waals surface area contributed by atoms with Crippen LogP contribution in [0.2, 0.25) is 0 Å². The third-order valence-electron chi connectivity index (χ3n) is 2.48. The molecule has 1 rings (SSSR count). The van der Waals surface area contributed by atoms with Crippen LogP contribution in [-0.4, -0.2) is 45.9 Å². The van der Waals surface area contributed by atoms with E-state index in [-0.39, 0.29) is 12.3 Å². The number of nitrogens with zero attached hydrogens (tertiary/aromatic N) is 1. The summed E-state index contributed by atoms with van der Waals surface area (Å²) < 4.78 is 0. The Morgan fingerprint density at radius 1 is 1.62 bits per heavy atom. The highest BCUT2D eigenvalue weighted by Gasteiger charge is 2.27. The molecule has 2 amide bonds. The molecule has 0 spiro atoms. The first kappa shape index (κ1) is 12.9. The molecule has 0 radical (unpaired) electrons. The van der Waals surface area contributed by atoms with Gasteiger partial charge in [0.15, 0.2) is 0 Å². The quantitative estimate of drug-likeness (QED) is 0.578. The molecule has 6 nitrogen and oxygen atoms in total. The number of carbonyl (C=O) groups is 2. The Morgan fingerprint density at radius 2 is 2.31 bits per heavy atom. The van der Waals surface area contributed by atoms with Gasteiger partial charge in [0, 0.05) is 6.54 Å². The Balaban J connectivity index is 2.50. The summed E-state index contributed by atoms with van der Waals surface area (Å²) in [6, 6.07) is -0.668. The van der Waals surface area contributed by atoms with Gasteiger partial charge in [0.25, 0.3) is 5.91 Å². The van der Waals surface area contributed by atoms with E-state index in [2.05, 4.69) is 5.32 Å². The highest BCUT2D eigenvalue weighted by atomic mass is 16.5. The third-order valence-corrected chi connectivity index (χ3v) is 2.48. The number of hydrogen-bond acceptors (Lipinski definition) is 4. The summed E-state index contributed by atoms with van der Waals surface area (Å²) in [6.45, 7) is 1.81. The molecule has 0 aromatic heterocycles. The zero-order valence-electron chi connectivity index (χ0n) is 9.35. The number of amides is 2. The number of carbonyl (C=O) groups excluding carboxylic acids is 2. The molecule has 1 aliphatic heterocycles. The van der Waals surface area contributed by atoms with Crippen molar-refractivity contribution in [3.05, 3.63) is 0 Å². The summed E-state index contributed by atoms with van der Waals surface area (Å²) in [6.07, 6.45) is 1.27. The lowest BCUT2D eigenvalue weighted by Gasteiger charge is -2.19. The van der Waals surface area contributed by atoms with Crippen LogP contribution in [0.1, 0.15) is 32.6 Å². The van der Waals surface area contributed by atoms with Crippen molar-refractivity contribution in [2.75, 3.05) is 6.54 Å². The van der Waals surface area contributed by atoms with E-state index in [1.807, 2.05) is 0 Å². The number of aliphatic hydroxyl groups is 1. The molecule has 16 heavy (non-hydrogen) atoms. The van der Waals surface area contributed by atoms with Gasteiger partial charge < -0.3 is 10.4 Å². The molecular formula is C10H18N2O4. The Bertz CT molecular complexity index is 268. The van der Waals surface area contributed by atoms with Crippen LogP contribution in [0.4, 0.5) is 0 Å². The van der Waals surface area contributed by atoms with Crippen molar-refractivity contribution in [3.63, 3.8) is 0 Å². The molecule has 0 saturated carbocycles. The van der Waals surface area contributed by atoms with Gasteiger partial charge in [-0.1, -0.05) is 0 Å². The van der Waals surface area contributed by atoms with Crippen LogP contribution in [0.15, 0.2) is 0 Å². The van der Waals surface area contributed by atoms with Gasteiger partial charge in [-0.15, -0.1) is 0 Å². The Kier molecular flexibility index (Phi) is 4.70. The SMILES string of the molecule is C[C@@H](O)CC(=O)N[C@H]1CCCCN(O)C1=O. The van der Waals surface area contributed by atoms with E-state index < -0.39 is 18.1 Å². The second-order valence-corrected chi connectivity index (χ2v) is 4.13. The van der Waals surface area contributed by atoms with E-state index in [9.17, 15) is 14.8 Å². The molecule has 3 N–H and O–H groups in total. The van der Waals surface area contributed by atoms with Crippen molar-refractivity contribution in [2.24, 2.45) is 0 Å². The minimum Gasteiger partial charge on any atom is -0.393 e. The molecule has 2 atom stereocenters. The minimum absolute atomic E-state index is 0.0325. The van der Waals surface area contributed by atoms with Crippen LogP contribution >= 0.6 is 0 Å². The van der Waals surface area contributed by atoms with Crippen molar-refractivity contribution >= 4 is 11.8 Å². The van der Waals surface area contributed by atoms with Crippen molar-refractivity contribution in [2.45, 2.75) is 44.8 Å². The first-order valence-corrected chi connectivity index (χ1v) is 5.48. The third kappa shape index (κ3) is 3.79. The molecular weight excluding hydrogens is 212 g/mol. The van der Waals surface area contributed by atoms with E-state index in [1.165, 1.54) is 6.92 Å². The average Bonchev–Trinajstić information content (AvgIpc) is 2.32. The lowest BCUT2D eigenvalue weighted by atomic mass is 10.1. The number of hydrogen-bond donors (Lipinski definition) is 3. The molecule has 0 aromatic rings. The maximum absolute atomic E-state index is 11.6. The standard InChI is InChI=1S/C10H18N2O4/c1-7(13)6-9(14)11-8-4-2-3-5-12(16)10(8)15/h7-8,13,16H,2-6H2,1H3,(H,11,14)/t7-,8+/m1/s1. The van der Waals surface area contributed by atoms with Crippen LogP contribution in [0.3, 0.4) is 0 Å². The largest absolute Gasteiger partial charge is 0.393 e. The molecule has 0 bridgehead atoms. The van der Waals surface area contributed by atoms with Gasteiger partial charge in [-0.25, -0.2) is 5.06 Å². The molecule has 0 aromatic carbocycles. The van der Waals surface area contributed by atoms with Gasteiger partial charge in [-0.3, -0.25) is 14.8 Å². The summed E-state index contributed by atoms with van der Waals surface area (Å²) in [4.78, 5) is 22.9. The highest BCUT2D eigenvalue weighted by molar-refractivity contribution is 5.87. The normalized spacial score (nSPS) is 23.8. The van der Waals surface area contributed by atoms with Crippen LogP contribution in [0.25, 0.3) is 0 Å². The Hall–Kier alpha value is -1.14. The summed E-state index contributed by atoms with van der Waals surface area (Å²) in [5.41, 5.74) is 0. The monoisotopic (exact) mass is 230 g/mol. The summed E-state index contributed by atoms with van der Waals surface area (Å²) in [5, 5.41) is 21.5. The van der Waals surface area contributed by atoms with Crippen molar-refractivity contribution in [1.82, 2.24) is 10.4 Å². The molecule has 1 heterocycles. The number of rotatable bonds is 3. The van der Waals surface area contributed by atoms with Crippen LogP contribution < -0.4 is 5.32 Å². The van der Waals surface area contributed by atoms with Crippen LogP contribution in [-0.2, 0) is 9.59 Å². The fourth-order valence-electron chi connectivity index (χ4n) is 1.68. The van der Waals surface area contributed by atoms with Crippen LogP contribution in [0.5, 0.6) is 0 Å². The smallest absolute Gasteiger partial charge is 0.268 e. The summed E-state index contributed by atoms with van der Waals surface area (Å²) in [5.74, 6) is -0.847. The maximum atomic E-state index is 11.6. The van der Waals surface area contributed by atoms with E-state index in [0.29, 0.717) is 18.0 Å². The van der Waals surface area contributed by atoms with Gasteiger partial charge in [-0.05, 0) is 26.2 Å². The van der Waals surface area contributed by atoms with E-state index in [1.54, 1.807) is 0 Å². The lowest BCUT2D eigenvalue weighted by Crippen LogP contribution is -2.46. The molecule has 0 aliphatic carbocycles. The van der Waals surface area contributed by atoms with E-state index >= 15 is 0 Å². The topological polar surface area (TPSA) is 89.9 Å². The molecule has 1 aliphatic rings. The highest BCUT2D eigenvalue weighted by Crippen LogP contribution is 2.10. The lowest BCUT2D eigenvalue weighted by molar-refractivity contribution is -0.167.